The summed E-state index contributed by atoms with van der Waals surface area (Å²) in [6, 6.07) is 8.58. The highest BCUT2D eigenvalue weighted by Crippen LogP contribution is 2.67. The molecule has 1 amide bonds. The number of piperidine rings is 2. The van der Waals surface area contributed by atoms with Crippen molar-refractivity contribution >= 4 is 11.6 Å². The van der Waals surface area contributed by atoms with Crippen LogP contribution in [0.3, 0.4) is 0 Å². The fraction of sp³-hybridized carbons (Fsp3) is 0.571. The third-order valence-corrected chi connectivity index (χ3v) is 8.50. The molecular weight excluding hydrogens is 328 g/mol. The van der Waals surface area contributed by atoms with E-state index in [0.717, 1.165) is 18.5 Å². The molecule has 5 nitrogen and oxygen atoms in total. The van der Waals surface area contributed by atoms with Gasteiger partial charge in [-0.05, 0) is 23.1 Å². The first-order valence-corrected chi connectivity index (χ1v) is 9.93. The predicted molar refractivity (Wildman–Crippen MR) is 95.2 cm³/mol. The van der Waals surface area contributed by atoms with Crippen LogP contribution in [0.5, 0.6) is 0 Å². The second kappa shape index (κ2) is 4.24. The van der Waals surface area contributed by atoms with Crippen molar-refractivity contribution in [3.05, 3.63) is 46.7 Å². The zero-order chi connectivity index (χ0) is 17.3. The van der Waals surface area contributed by atoms with Gasteiger partial charge in [0, 0.05) is 24.4 Å². The van der Waals surface area contributed by atoms with Crippen LogP contribution in [0, 0.1) is 17.0 Å². The van der Waals surface area contributed by atoms with E-state index in [1.54, 1.807) is 0 Å². The number of fused-ring (bicyclic) bond motifs is 2. The molecule has 5 aliphatic heterocycles. The minimum absolute atomic E-state index is 0.00175. The number of rotatable bonds is 0. The average Bonchev–Trinajstić information content (AvgIpc) is 3.05. The highest BCUT2D eigenvalue weighted by molar-refractivity contribution is 5.99. The Kier molecular flexibility index (Phi) is 2.34. The molecule has 1 aromatic carbocycles. The molecule has 0 N–H and O–H groups in total. The summed E-state index contributed by atoms with van der Waals surface area (Å²) in [4.78, 5) is 15.3. The van der Waals surface area contributed by atoms with Crippen LogP contribution in [0.1, 0.15) is 24.8 Å². The quantitative estimate of drug-likeness (QED) is 0.409. The maximum Gasteiger partial charge on any atom is 0.229 e. The molecule has 134 valence electrons. The highest BCUT2D eigenvalue weighted by Gasteiger charge is 2.74. The van der Waals surface area contributed by atoms with Crippen LogP contribution in [0.15, 0.2) is 35.9 Å². The molecule has 1 spiro atoms. The summed E-state index contributed by atoms with van der Waals surface area (Å²) in [6.45, 7) is 1.87. The number of para-hydroxylation sites is 1. The molecule has 1 aliphatic carbocycles. The minimum atomic E-state index is -0.174. The number of hydrogen-bond donors (Lipinski definition) is 0. The van der Waals surface area contributed by atoms with Gasteiger partial charge in [0.15, 0.2) is 0 Å². The van der Waals surface area contributed by atoms with Crippen molar-refractivity contribution in [3.63, 3.8) is 0 Å². The fourth-order valence-electron chi connectivity index (χ4n) is 7.77. The molecule has 7 atom stereocenters. The number of anilines is 1. The van der Waals surface area contributed by atoms with E-state index in [2.05, 4.69) is 29.2 Å². The number of benzene rings is 1. The topological polar surface area (TPSA) is 52.6 Å². The van der Waals surface area contributed by atoms with Crippen LogP contribution >= 0.6 is 0 Å². The Hall–Kier alpha value is -1.69. The summed E-state index contributed by atoms with van der Waals surface area (Å²) in [5, 5.41) is 13.9. The van der Waals surface area contributed by atoms with Gasteiger partial charge in [0.05, 0.1) is 37.1 Å². The van der Waals surface area contributed by atoms with Gasteiger partial charge in [0.25, 0.3) is 0 Å². The van der Waals surface area contributed by atoms with Crippen molar-refractivity contribution in [1.29, 1.82) is 0 Å². The number of nitrogens with zero attached hydrogens (tertiary/aromatic N) is 2. The van der Waals surface area contributed by atoms with Gasteiger partial charge in [-0.15, -0.1) is 0 Å². The molecule has 0 aromatic heterocycles. The van der Waals surface area contributed by atoms with Crippen LogP contribution in [-0.2, 0) is 14.9 Å². The lowest BCUT2D eigenvalue weighted by atomic mass is 9.53. The van der Waals surface area contributed by atoms with Crippen molar-refractivity contribution in [1.82, 2.24) is 0 Å². The van der Waals surface area contributed by atoms with Crippen LogP contribution in [0.25, 0.3) is 0 Å². The number of hydrogen-bond acceptors (Lipinski definition) is 3. The van der Waals surface area contributed by atoms with Gasteiger partial charge in [-0.3, -0.25) is 4.79 Å². The third kappa shape index (κ3) is 1.33. The molecule has 2 unspecified atom stereocenters. The molecular formula is C21H22N2O3. The van der Waals surface area contributed by atoms with Crippen molar-refractivity contribution in [2.45, 2.75) is 42.9 Å². The van der Waals surface area contributed by atoms with Crippen LogP contribution in [0.2, 0.25) is 0 Å². The average molecular weight is 350 g/mol. The number of hydroxylamine groups is 3. The summed E-state index contributed by atoms with van der Waals surface area (Å²) >= 11 is 0. The van der Waals surface area contributed by atoms with E-state index in [-0.39, 0.29) is 34.2 Å². The van der Waals surface area contributed by atoms with E-state index >= 15 is 0 Å². The van der Waals surface area contributed by atoms with Crippen molar-refractivity contribution in [3.8, 4) is 0 Å². The molecule has 3 saturated heterocycles. The number of quaternary nitrogens is 1. The van der Waals surface area contributed by atoms with Crippen LogP contribution < -0.4 is 4.90 Å². The Morgan fingerprint density at radius 1 is 1.31 bits per heavy atom. The molecule has 5 heterocycles. The van der Waals surface area contributed by atoms with Crippen LogP contribution in [-0.4, -0.2) is 48.4 Å². The van der Waals surface area contributed by atoms with Crippen molar-refractivity contribution in [2.24, 2.45) is 11.8 Å². The molecule has 0 radical (unpaired) electrons. The number of amides is 1. The Balaban J connectivity index is 1.56. The van der Waals surface area contributed by atoms with E-state index < -0.39 is 0 Å². The number of ether oxygens (including phenoxy) is 1. The van der Waals surface area contributed by atoms with Gasteiger partial charge in [-0.1, -0.05) is 24.3 Å². The van der Waals surface area contributed by atoms with Gasteiger partial charge < -0.3 is 19.5 Å². The van der Waals surface area contributed by atoms with E-state index in [9.17, 15) is 10.0 Å². The maximum absolute atomic E-state index is 13.9. The maximum atomic E-state index is 13.9. The van der Waals surface area contributed by atoms with Crippen molar-refractivity contribution in [2.75, 3.05) is 24.6 Å². The SMILES string of the molecule is O=C1C[C@@H]2OCC=C3C[N+]4([O-])CC[C@]56c7ccccc7N1[C@H]5[C@H]2[C@H]3CC64. The summed E-state index contributed by atoms with van der Waals surface area (Å²) < 4.78 is 6.10. The highest BCUT2D eigenvalue weighted by atomic mass is 16.6. The van der Waals surface area contributed by atoms with Gasteiger partial charge in [-0.25, -0.2) is 0 Å². The summed E-state index contributed by atoms with van der Waals surface area (Å²) in [5.74, 6) is 0.922. The molecule has 1 saturated carbocycles. The zero-order valence-electron chi connectivity index (χ0n) is 14.6. The zero-order valence-corrected chi connectivity index (χ0v) is 14.6. The van der Waals surface area contributed by atoms with Gasteiger partial charge in [0.2, 0.25) is 5.91 Å². The van der Waals surface area contributed by atoms with E-state index in [4.69, 9.17) is 4.74 Å². The lowest BCUT2D eigenvalue weighted by Gasteiger charge is -2.61. The monoisotopic (exact) mass is 350 g/mol. The Labute approximate surface area is 152 Å². The first kappa shape index (κ1) is 14.4. The third-order valence-electron chi connectivity index (χ3n) is 8.50. The number of carbonyl (C=O) groups is 1. The molecule has 5 heteroatoms. The second-order valence-electron chi connectivity index (χ2n) is 9.14. The van der Waals surface area contributed by atoms with E-state index in [1.165, 1.54) is 11.1 Å². The molecule has 6 aliphatic rings. The molecule has 1 aromatic rings. The standard InChI is InChI=1S/C21H22N2O3/c24-18-10-16-19-13-9-17-21(6-7-23(17,25)11-12(13)5-8-26-16)14-3-1-2-4-15(14)22(18)20(19)21/h1-5,13,16-17,19-20H,6-11H2/t13-,16-,17?,19-,20-,21+,23?/m0/s1. The summed E-state index contributed by atoms with van der Waals surface area (Å²) in [7, 11) is 0. The first-order chi connectivity index (χ1) is 12.6. The fourth-order valence-corrected chi connectivity index (χ4v) is 7.77. The molecule has 2 bridgehead atoms. The van der Waals surface area contributed by atoms with E-state index in [1.807, 2.05) is 6.07 Å². The molecule has 7 rings (SSSR count). The van der Waals surface area contributed by atoms with E-state index in [0.29, 0.717) is 38.0 Å². The van der Waals surface area contributed by atoms with Gasteiger partial charge >= 0.3 is 0 Å². The molecule has 26 heavy (non-hydrogen) atoms. The minimum Gasteiger partial charge on any atom is -0.632 e. The largest absolute Gasteiger partial charge is 0.632 e. The molecule has 4 fully saturated rings. The summed E-state index contributed by atoms with van der Waals surface area (Å²) in [5.41, 5.74) is 3.46. The van der Waals surface area contributed by atoms with Gasteiger partial charge in [0.1, 0.15) is 12.6 Å². The van der Waals surface area contributed by atoms with Gasteiger partial charge in [-0.2, -0.15) is 0 Å². The Morgan fingerprint density at radius 2 is 2.19 bits per heavy atom. The van der Waals surface area contributed by atoms with Crippen molar-refractivity contribution < 1.29 is 14.2 Å². The summed E-state index contributed by atoms with van der Waals surface area (Å²) in [6.07, 6.45) is 4.51. The lowest BCUT2D eigenvalue weighted by molar-refractivity contribution is -0.896. The second-order valence-corrected chi connectivity index (χ2v) is 9.14. The van der Waals surface area contributed by atoms with Crippen LogP contribution in [0.4, 0.5) is 5.69 Å². The normalized spacial score (nSPS) is 49.6. The lowest BCUT2D eigenvalue weighted by Crippen LogP contribution is -2.71. The first-order valence-electron chi connectivity index (χ1n) is 9.93. The smallest absolute Gasteiger partial charge is 0.229 e. The predicted octanol–water partition coefficient (Wildman–Crippen LogP) is 2.11. The Morgan fingerprint density at radius 3 is 3.12 bits per heavy atom. The Bertz CT molecular complexity index is 897. The number of carbonyl (C=O) groups excluding carboxylic acids is 1.